The number of rotatable bonds is 3. The van der Waals surface area contributed by atoms with Crippen molar-refractivity contribution in [2.75, 3.05) is 0 Å². The van der Waals surface area contributed by atoms with Gasteiger partial charge in [0.05, 0.1) is 0 Å². The van der Waals surface area contributed by atoms with Crippen LogP contribution in [0, 0.1) is 0 Å². The van der Waals surface area contributed by atoms with Crippen molar-refractivity contribution in [2.45, 2.75) is 24.8 Å². The minimum atomic E-state index is -5.64. The second kappa shape index (κ2) is 5.56. The van der Waals surface area contributed by atoms with Crippen molar-refractivity contribution in [3.05, 3.63) is 53.6 Å². The SMILES string of the molecule is O=S(=O)(Oc1ccc(-c2ccc3c(c2)CCC3)cc1)C(F)(F)F. The van der Waals surface area contributed by atoms with Gasteiger partial charge in [0.2, 0.25) is 0 Å². The fourth-order valence-corrected chi connectivity index (χ4v) is 3.09. The highest BCUT2D eigenvalue weighted by molar-refractivity contribution is 7.88. The van der Waals surface area contributed by atoms with Crippen LogP contribution in [0.4, 0.5) is 13.2 Å². The Hall–Kier alpha value is -2.02. The first-order valence-corrected chi connectivity index (χ1v) is 8.40. The third-order valence-electron chi connectivity index (χ3n) is 3.78. The number of benzene rings is 2. The predicted molar refractivity (Wildman–Crippen MR) is 79.5 cm³/mol. The Morgan fingerprint density at radius 3 is 2.13 bits per heavy atom. The van der Waals surface area contributed by atoms with Crippen molar-refractivity contribution in [2.24, 2.45) is 0 Å². The topological polar surface area (TPSA) is 43.4 Å². The van der Waals surface area contributed by atoms with Crippen molar-refractivity contribution in [3.8, 4) is 16.9 Å². The molecular weight excluding hydrogens is 329 g/mol. The van der Waals surface area contributed by atoms with Crippen molar-refractivity contribution in [3.63, 3.8) is 0 Å². The molecule has 2 aromatic rings. The van der Waals surface area contributed by atoms with E-state index in [9.17, 15) is 21.6 Å². The van der Waals surface area contributed by atoms with E-state index in [-0.39, 0.29) is 5.75 Å². The van der Waals surface area contributed by atoms with Crippen molar-refractivity contribution >= 4 is 10.1 Å². The Kier molecular flexibility index (Phi) is 3.83. The van der Waals surface area contributed by atoms with Crippen molar-refractivity contribution in [1.82, 2.24) is 0 Å². The summed E-state index contributed by atoms with van der Waals surface area (Å²) >= 11 is 0. The molecule has 0 aliphatic heterocycles. The number of alkyl halides is 3. The summed E-state index contributed by atoms with van der Waals surface area (Å²) in [6, 6.07) is 11.6. The molecular formula is C16H13F3O3S. The molecule has 0 radical (unpaired) electrons. The van der Waals surface area contributed by atoms with E-state index in [1.807, 2.05) is 6.07 Å². The molecule has 2 aromatic carbocycles. The fourth-order valence-electron chi connectivity index (χ4n) is 2.63. The molecule has 0 heterocycles. The van der Waals surface area contributed by atoms with Crippen molar-refractivity contribution in [1.29, 1.82) is 0 Å². The van der Waals surface area contributed by atoms with Gasteiger partial charge in [-0.3, -0.25) is 0 Å². The molecule has 1 aliphatic rings. The number of halogens is 3. The maximum Gasteiger partial charge on any atom is 0.534 e. The number of hydrogen-bond acceptors (Lipinski definition) is 3. The van der Waals surface area contributed by atoms with Gasteiger partial charge >= 0.3 is 15.6 Å². The van der Waals surface area contributed by atoms with Gasteiger partial charge in [-0.05, 0) is 53.6 Å². The summed E-state index contributed by atoms with van der Waals surface area (Å²) in [5, 5.41) is 0. The van der Waals surface area contributed by atoms with Crippen LogP contribution < -0.4 is 4.18 Å². The summed E-state index contributed by atoms with van der Waals surface area (Å²) in [5.74, 6) is -0.368. The van der Waals surface area contributed by atoms with Gasteiger partial charge in [0.15, 0.2) is 0 Å². The highest BCUT2D eigenvalue weighted by atomic mass is 32.2. The molecule has 3 rings (SSSR count). The average molecular weight is 342 g/mol. The van der Waals surface area contributed by atoms with Gasteiger partial charge in [-0.2, -0.15) is 21.6 Å². The van der Waals surface area contributed by atoms with Crippen LogP contribution in [-0.4, -0.2) is 13.9 Å². The van der Waals surface area contributed by atoms with Gasteiger partial charge in [0.1, 0.15) is 5.75 Å². The van der Waals surface area contributed by atoms with E-state index < -0.39 is 15.6 Å². The first-order chi connectivity index (χ1) is 10.8. The van der Waals surface area contributed by atoms with E-state index in [1.165, 1.54) is 35.4 Å². The summed E-state index contributed by atoms with van der Waals surface area (Å²) in [5.41, 5.74) is -1.11. The molecule has 1 aliphatic carbocycles. The number of hydrogen-bond donors (Lipinski definition) is 0. The van der Waals surface area contributed by atoms with E-state index in [0.717, 1.165) is 30.4 Å². The monoisotopic (exact) mass is 342 g/mol. The van der Waals surface area contributed by atoms with Crippen LogP contribution in [0.1, 0.15) is 17.5 Å². The molecule has 0 unspecified atom stereocenters. The Morgan fingerprint density at radius 1 is 0.870 bits per heavy atom. The highest BCUT2D eigenvalue weighted by Crippen LogP contribution is 2.31. The summed E-state index contributed by atoms with van der Waals surface area (Å²) in [4.78, 5) is 0. The van der Waals surface area contributed by atoms with Gasteiger partial charge in [-0.25, -0.2) is 0 Å². The van der Waals surface area contributed by atoms with Gasteiger partial charge in [-0.1, -0.05) is 30.3 Å². The third kappa shape index (κ3) is 3.19. The van der Waals surface area contributed by atoms with E-state index in [2.05, 4.69) is 16.3 Å². The molecule has 0 amide bonds. The lowest BCUT2D eigenvalue weighted by atomic mass is 10.0. The first-order valence-electron chi connectivity index (χ1n) is 6.99. The third-order valence-corrected chi connectivity index (χ3v) is 4.75. The van der Waals surface area contributed by atoms with Crippen molar-refractivity contribution < 1.29 is 25.8 Å². The Balaban J connectivity index is 1.83. The highest BCUT2D eigenvalue weighted by Gasteiger charge is 2.48. The molecule has 0 N–H and O–H groups in total. The molecule has 0 saturated heterocycles. The lowest BCUT2D eigenvalue weighted by Crippen LogP contribution is -2.28. The lowest BCUT2D eigenvalue weighted by Gasteiger charge is -2.10. The van der Waals surface area contributed by atoms with Crippen LogP contribution in [0.15, 0.2) is 42.5 Å². The molecule has 23 heavy (non-hydrogen) atoms. The Bertz CT molecular complexity index is 825. The normalized spacial score (nSPS) is 14.6. The standard InChI is InChI=1S/C16H13F3O3S/c17-16(18,19)23(20,21)22-15-8-6-12(7-9-15)14-5-4-11-2-1-3-13(11)10-14/h4-10H,1-3H2. The summed E-state index contributed by atoms with van der Waals surface area (Å²) in [7, 11) is -5.64. The number of fused-ring (bicyclic) bond motifs is 1. The molecule has 0 saturated carbocycles. The summed E-state index contributed by atoms with van der Waals surface area (Å²) in [6.07, 6.45) is 3.22. The lowest BCUT2D eigenvalue weighted by molar-refractivity contribution is -0.0500. The molecule has 0 aromatic heterocycles. The largest absolute Gasteiger partial charge is 0.534 e. The van der Waals surface area contributed by atoms with Crippen LogP contribution in [0.2, 0.25) is 0 Å². The van der Waals surface area contributed by atoms with E-state index >= 15 is 0 Å². The van der Waals surface area contributed by atoms with Crippen LogP contribution in [0.25, 0.3) is 11.1 Å². The maximum absolute atomic E-state index is 12.3. The minimum absolute atomic E-state index is 0.368. The van der Waals surface area contributed by atoms with Crippen LogP contribution in [0.5, 0.6) is 5.75 Å². The van der Waals surface area contributed by atoms with Gasteiger partial charge in [-0.15, -0.1) is 0 Å². The maximum atomic E-state index is 12.3. The zero-order valence-electron chi connectivity index (χ0n) is 11.9. The molecule has 7 heteroatoms. The average Bonchev–Trinajstić information content (AvgIpc) is 2.94. The zero-order chi connectivity index (χ0) is 16.7. The minimum Gasteiger partial charge on any atom is -0.376 e. The smallest absolute Gasteiger partial charge is 0.376 e. The Morgan fingerprint density at radius 2 is 1.48 bits per heavy atom. The number of aryl methyl sites for hydroxylation is 2. The van der Waals surface area contributed by atoms with Gasteiger partial charge in [0.25, 0.3) is 0 Å². The van der Waals surface area contributed by atoms with Gasteiger partial charge in [0, 0.05) is 0 Å². The van der Waals surface area contributed by atoms with E-state index in [1.54, 1.807) is 0 Å². The molecule has 0 fully saturated rings. The van der Waals surface area contributed by atoms with E-state index in [0.29, 0.717) is 0 Å². The molecule has 122 valence electrons. The quantitative estimate of drug-likeness (QED) is 0.624. The second-order valence-electron chi connectivity index (χ2n) is 5.34. The Labute approximate surface area is 131 Å². The second-order valence-corrected chi connectivity index (χ2v) is 6.88. The zero-order valence-corrected chi connectivity index (χ0v) is 12.7. The predicted octanol–water partition coefficient (Wildman–Crippen LogP) is 4.07. The summed E-state index contributed by atoms with van der Waals surface area (Å²) < 4.78 is 62.8. The fraction of sp³-hybridized carbons (Fsp3) is 0.250. The van der Waals surface area contributed by atoms with Crippen LogP contribution in [-0.2, 0) is 23.0 Å². The first kappa shape index (κ1) is 15.9. The van der Waals surface area contributed by atoms with Gasteiger partial charge < -0.3 is 4.18 Å². The van der Waals surface area contributed by atoms with Crippen LogP contribution in [0.3, 0.4) is 0 Å². The molecule has 0 spiro atoms. The summed E-state index contributed by atoms with van der Waals surface area (Å²) in [6.45, 7) is 0. The van der Waals surface area contributed by atoms with Crippen LogP contribution >= 0.6 is 0 Å². The van der Waals surface area contributed by atoms with E-state index in [4.69, 9.17) is 0 Å². The molecule has 0 bridgehead atoms. The molecule has 0 atom stereocenters. The molecule has 3 nitrogen and oxygen atoms in total.